The van der Waals surface area contributed by atoms with Crippen LogP contribution in [0.15, 0.2) is 0 Å². The van der Waals surface area contributed by atoms with E-state index in [9.17, 15) is 8.42 Å². The summed E-state index contributed by atoms with van der Waals surface area (Å²) in [5.74, 6) is 0.419. The van der Waals surface area contributed by atoms with Crippen LogP contribution in [0.2, 0.25) is 0 Å². The van der Waals surface area contributed by atoms with E-state index >= 15 is 0 Å². The molecule has 1 unspecified atom stereocenters. The van der Waals surface area contributed by atoms with Crippen molar-refractivity contribution in [3.05, 3.63) is 0 Å². The Hall–Kier alpha value is -0.250. The van der Waals surface area contributed by atoms with Crippen LogP contribution in [0, 0.1) is 5.92 Å². The third-order valence-corrected chi connectivity index (χ3v) is 5.75. The smallest absolute Gasteiger partial charge is 0.292 e. The number of piperazine rings is 1. The van der Waals surface area contributed by atoms with Gasteiger partial charge in [0, 0.05) is 39.3 Å². The van der Waals surface area contributed by atoms with Crippen molar-refractivity contribution in [1.29, 1.82) is 0 Å². The Morgan fingerprint density at radius 1 is 1.14 bits per heavy atom. The van der Waals surface area contributed by atoms with E-state index in [2.05, 4.69) is 29.0 Å². The molecule has 0 bridgehead atoms. The monoisotopic (exact) mass is 319 g/mol. The van der Waals surface area contributed by atoms with Crippen LogP contribution in [0.5, 0.6) is 0 Å². The van der Waals surface area contributed by atoms with Gasteiger partial charge < -0.3 is 10.2 Å². The molecule has 0 aromatic heterocycles. The fraction of sp³-hybridized carbons (Fsp3) is 1.00. The van der Waals surface area contributed by atoms with Crippen LogP contribution in [-0.4, -0.2) is 82.0 Å². The molecule has 0 aromatic rings. The average molecular weight is 319 g/mol. The Morgan fingerprint density at radius 3 is 2.52 bits per heavy atom. The standard InChI is InChI=1S/C13H29N5O2S/c1-3-14-11-13-5-4-6-18(12-13)21(19,20)15-17-9-7-16(2)8-10-17/h13-15H,3-12H2,1-2H3. The number of piperidine rings is 1. The zero-order chi connectivity index (χ0) is 15.3. The van der Waals surface area contributed by atoms with Gasteiger partial charge >= 0.3 is 0 Å². The highest BCUT2D eigenvalue weighted by atomic mass is 32.2. The number of hydrogen-bond donors (Lipinski definition) is 2. The molecule has 2 aliphatic rings. The Kier molecular flexibility index (Phi) is 6.39. The highest BCUT2D eigenvalue weighted by Crippen LogP contribution is 2.18. The van der Waals surface area contributed by atoms with Crippen molar-refractivity contribution in [2.75, 3.05) is 59.4 Å². The van der Waals surface area contributed by atoms with E-state index in [4.69, 9.17) is 0 Å². The molecule has 0 radical (unpaired) electrons. The molecule has 2 fully saturated rings. The quantitative estimate of drug-likeness (QED) is 0.678. The zero-order valence-electron chi connectivity index (χ0n) is 13.2. The number of nitrogens with zero attached hydrogens (tertiary/aromatic N) is 3. The van der Waals surface area contributed by atoms with Crippen LogP contribution < -0.4 is 10.1 Å². The molecule has 0 saturated carbocycles. The molecule has 2 heterocycles. The highest BCUT2D eigenvalue weighted by Gasteiger charge is 2.30. The van der Waals surface area contributed by atoms with Gasteiger partial charge in [0.1, 0.15) is 0 Å². The lowest BCUT2D eigenvalue weighted by atomic mass is 10.00. The second-order valence-corrected chi connectivity index (χ2v) is 7.71. The van der Waals surface area contributed by atoms with Crippen molar-refractivity contribution in [3.63, 3.8) is 0 Å². The maximum Gasteiger partial charge on any atom is 0.292 e. The van der Waals surface area contributed by atoms with Gasteiger partial charge in [-0.1, -0.05) is 6.92 Å². The first-order chi connectivity index (χ1) is 10.0. The molecular formula is C13H29N5O2S. The molecule has 124 valence electrons. The SMILES string of the molecule is CCNCC1CCCN(S(=O)(=O)NN2CCN(C)CC2)C1. The number of hydrogen-bond acceptors (Lipinski definition) is 5. The first-order valence-corrected chi connectivity index (χ1v) is 9.37. The van der Waals surface area contributed by atoms with Crippen LogP contribution in [-0.2, 0) is 10.2 Å². The molecule has 2 saturated heterocycles. The fourth-order valence-corrected chi connectivity index (χ4v) is 4.28. The van der Waals surface area contributed by atoms with Gasteiger partial charge in [-0.2, -0.15) is 12.7 Å². The lowest BCUT2D eigenvalue weighted by Crippen LogP contribution is -2.57. The molecule has 0 aromatic carbocycles. The molecule has 7 nitrogen and oxygen atoms in total. The van der Waals surface area contributed by atoms with E-state index in [-0.39, 0.29) is 0 Å². The van der Waals surface area contributed by atoms with Crippen molar-refractivity contribution in [2.24, 2.45) is 5.92 Å². The molecule has 8 heteroatoms. The van der Waals surface area contributed by atoms with Gasteiger partial charge in [-0.05, 0) is 38.9 Å². The van der Waals surface area contributed by atoms with Crippen molar-refractivity contribution in [3.8, 4) is 0 Å². The van der Waals surface area contributed by atoms with Gasteiger partial charge in [0.25, 0.3) is 10.2 Å². The van der Waals surface area contributed by atoms with Crippen LogP contribution in [0.1, 0.15) is 19.8 Å². The second-order valence-electron chi connectivity index (χ2n) is 6.06. The predicted molar refractivity (Wildman–Crippen MR) is 84.0 cm³/mol. The van der Waals surface area contributed by atoms with Gasteiger partial charge in [0.05, 0.1) is 0 Å². The van der Waals surface area contributed by atoms with E-state index in [0.717, 1.165) is 52.1 Å². The van der Waals surface area contributed by atoms with Gasteiger partial charge in [0.2, 0.25) is 0 Å². The number of rotatable bonds is 6. The summed E-state index contributed by atoms with van der Waals surface area (Å²) in [6.45, 7) is 8.43. The summed E-state index contributed by atoms with van der Waals surface area (Å²) < 4.78 is 26.6. The molecule has 2 rings (SSSR count). The van der Waals surface area contributed by atoms with Crippen LogP contribution >= 0.6 is 0 Å². The number of likely N-dealkylation sites (N-methyl/N-ethyl adjacent to an activating group) is 1. The molecule has 0 spiro atoms. The van der Waals surface area contributed by atoms with Crippen LogP contribution in [0.3, 0.4) is 0 Å². The van der Waals surface area contributed by atoms with E-state index in [1.165, 1.54) is 0 Å². The summed E-state index contributed by atoms with van der Waals surface area (Å²) >= 11 is 0. The average Bonchev–Trinajstić information content (AvgIpc) is 2.48. The van der Waals surface area contributed by atoms with Crippen molar-refractivity contribution >= 4 is 10.2 Å². The van der Waals surface area contributed by atoms with Crippen LogP contribution in [0.25, 0.3) is 0 Å². The first-order valence-electron chi connectivity index (χ1n) is 7.93. The molecule has 0 aliphatic carbocycles. The van der Waals surface area contributed by atoms with Crippen molar-refractivity contribution < 1.29 is 8.42 Å². The number of nitrogens with one attached hydrogen (secondary N) is 2. The van der Waals surface area contributed by atoms with Gasteiger partial charge in [-0.15, -0.1) is 4.83 Å². The summed E-state index contributed by atoms with van der Waals surface area (Å²) in [6, 6.07) is 0. The normalized spacial score (nSPS) is 27.0. The van der Waals surface area contributed by atoms with Crippen LogP contribution in [0.4, 0.5) is 0 Å². The summed E-state index contributed by atoms with van der Waals surface area (Å²) in [5.41, 5.74) is 0. The minimum absolute atomic E-state index is 0.419. The van der Waals surface area contributed by atoms with E-state index in [0.29, 0.717) is 19.0 Å². The predicted octanol–water partition coefficient (Wildman–Crippen LogP) is -0.695. The Labute approximate surface area is 128 Å². The van der Waals surface area contributed by atoms with Gasteiger partial charge in [-0.3, -0.25) is 0 Å². The summed E-state index contributed by atoms with van der Waals surface area (Å²) in [5, 5.41) is 5.14. The third kappa shape index (κ3) is 5.15. The van der Waals surface area contributed by atoms with Gasteiger partial charge in [-0.25, -0.2) is 5.01 Å². The largest absolute Gasteiger partial charge is 0.317 e. The molecule has 1 atom stereocenters. The maximum atomic E-state index is 12.5. The first kappa shape index (κ1) is 17.1. The minimum atomic E-state index is -3.40. The third-order valence-electron chi connectivity index (χ3n) is 4.25. The molecule has 2 aliphatic heterocycles. The fourth-order valence-electron chi connectivity index (χ4n) is 2.88. The van der Waals surface area contributed by atoms with Crippen molar-refractivity contribution in [2.45, 2.75) is 19.8 Å². The molecular weight excluding hydrogens is 290 g/mol. The zero-order valence-corrected chi connectivity index (χ0v) is 14.0. The highest BCUT2D eigenvalue weighted by molar-refractivity contribution is 7.87. The second kappa shape index (κ2) is 7.85. The Morgan fingerprint density at radius 2 is 1.86 bits per heavy atom. The lowest BCUT2D eigenvalue weighted by Gasteiger charge is -2.36. The maximum absolute atomic E-state index is 12.5. The summed E-state index contributed by atoms with van der Waals surface area (Å²) in [6.07, 6.45) is 2.05. The van der Waals surface area contributed by atoms with Crippen molar-refractivity contribution in [1.82, 2.24) is 24.4 Å². The van der Waals surface area contributed by atoms with E-state index < -0.39 is 10.2 Å². The van der Waals surface area contributed by atoms with E-state index in [1.54, 1.807) is 4.31 Å². The topological polar surface area (TPSA) is 67.9 Å². The molecule has 0 amide bonds. The van der Waals surface area contributed by atoms with E-state index in [1.807, 2.05) is 5.01 Å². The Bertz CT molecular complexity index is 409. The minimum Gasteiger partial charge on any atom is -0.317 e. The lowest BCUT2D eigenvalue weighted by molar-refractivity contribution is 0.129. The van der Waals surface area contributed by atoms with Gasteiger partial charge in [0.15, 0.2) is 0 Å². The summed E-state index contributed by atoms with van der Waals surface area (Å²) in [4.78, 5) is 4.95. The summed E-state index contributed by atoms with van der Waals surface area (Å²) in [7, 11) is -1.34. The Balaban J connectivity index is 1.86. The number of hydrazine groups is 1. The molecule has 2 N–H and O–H groups in total. The molecule has 21 heavy (non-hydrogen) atoms.